The third-order valence-corrected chi connectivity index (χ3v) is 4.78. The summed E-state index contributed by atoms with van der Waals surface area (Å²) in [5.74, 6) is 1.03. The number of carbonyl (C=O) groups excluding carboxylic acids is 1. The third-order valence-electron chi connectivity index (χ3n) is 4.78. The molecule has 2 unspecified atom stereocenters. The average Bonchev–Trinajstić information content (AvgIpc) is 2.48. The summed E-state index contributed by atoms with van der Waals surface area (Å²) in [6.07, 6.45) is 6.02. The highest BCUT2D eigenvalue weighted by Gasteiger charge is 2.28. The molecular weight excluding hydrogens is 238 g/mol. The first-order chi connectivity index (χ1) is 9.24. The first kappa shape index (κ1) is 14.8. The highest BCUT2D eigenvalue weighted by atomic mass is 16.2. The van der Waals surface area contributed by atoms with Crippen molar-refractivity contribution in [3.05, 3.63) is 0 Å². The van der Waals surface area contributed by atoms with Crippen LogP contribution in [0.1, 0.15) is 39.0 Å². The van der Waals surface area contributed by atoms with Gasteiger partial charge < -0.3 is 10.2 Å². The van der Waals surface area contributed by atoms with Crippen LogP contribution in [0.5, 0.6) is 0 Å². The molecule has 1 amide bonds. The van der Waals surface area contributed by atoms with Crippen molar-refractivity contribution in [2.75, 3.05) is 39.8 Å². The molecule has 0 radical (unpaired) electrons. The molecule has 2 aliphatic heterocycles. The fourth-order valence-electron chi connectivity index (χ4n) is 3.48. The van der Waals surface area contributed by atoms with Crippen LogP contribution >= 0.6 is 0 Å². The monoisotopic (exact) mass is 267 g/mol. The first-order valence-corrected chi connectivity index (χ1v) is 7.92. The molecule has 0 aliphatic carbocycles. The van der Waals surface area contributed by atoms with Crippen molar-refractivity contribution in [2.24, 2.45) is 5.92 Å². The number of carbonyl (C=O) groups is 1. The molecule has 2 rings (SSSR count). The van der Waals surface area contributed by atoms with E-state index < -0.39 is 0 Å². The number of amides is 1. The van der Waals surface area contributed by atoms with Gasteiger partial charge in [-0.2, -0.15) is 0 Å². The average molecular weight is 267 g/mol. The molecule has 0 saturated carbocycles. The molecule has 2 aliphatic rings. The van der Waals surface area contributed by atoms with Crippen molar-refractivity contribution in [1.82, 2.24) is 15.1 Å². The van der Waals surface area contributed by atoms with E-state index in [1.807, 2.05) is 0 Å². The predicted octanol–water partition coefficient (Wildman–Crippen LogP) is 1.32. The van der Waals surface area contributed by atoms with Crippen molar-refractivity contribution in [3.8, 4) is 0 Å². The topological polar surface area (TPSA) is 35.6 Å². The minimum atomic E-state index is 0.345. The van der Waals surface area contributed by atoms with Crippen molar-refractivity contribution in [3.63, 3.8) is 0 Å². The van der Waals surface area contributed by atoms with E-state index in [-0.39, 0.29) is 0 Å². The van der Waals surface area contributed by atoms with Crippen molar-refractivity contribution >= 4 is 5.91 Å². The number of rotatable bonds is 4. The van der Waals surface area contributed by atoms with Gasteiger partial charge in [-0.3, -0.25) is 9.69 Å². The van der Waals surface area contributed by atoms with Gasteiger partial charge in [0.1, 0.15) is 0 Å². The van der Waals surface area contributed by atoms with E-state index in [0.29, 0.717) is 24.4 Å². The lowest BCUT2D eigenvalue weighted by molar-refractivity contribution is -0.133. The van der Waals surface area contributed by atoms with Crippen molar-refractivity contribution in [2.45, 2.75) is 45.1 Å². The zero-order valence-electron chi connectivity index (χ0n) is 12.5. The van der Waals surface area contributed by atoms with Gasteiger partial charge >= 0.3 is 0 Å². The molecule has 0 bridgehead atoms. The number of hydrogen-bond acceptors (Lipinski definition) is 3. The SMILES string of the molecule is CCC1CN(CC(=O)N2CCCCC2)CCC1NC. The molecular formula is C15H29N3O. The van der Waals surface area contributed by atoms with Gasteiger partial charge in [-0.15, -0.1) is 0 Å². The molecule has 0 aromatic carbocycles. The van der Waals surface area contributed by atoms with Crippen LogP contribution in [-0.4, -0.2) is 61.5 Å². The standard InChI is InChI=1S/C15H29N3O/c1-3-13-11-17(10-7-14(13)16-2)12-15(19)18-8-5-4-6-9-18/h13-14,16H,3-12H2,1-2H3. The predicted molar refractivity (Wildman–Crippen MR) is 78.1 cm³/mol. The smallest absolute Gasteiger partial charge is 0.236 e. The number of nitrogens with zero attached hydrogens (tertiary/aromatic N) is 2. The molecule has 0 aromatic rings. The van der Waals surface area contributed by atoms with Crippen molar-refractivity contribution < 1.29 is 4.79 Å². The highest BCUT2D eigenvalue weighted by Crippen LogP contribution is 2.20. The fraction of sp³-hybridized carbons (Fsp3) is 0.933. The van der Waals surface area contributed by atoms with Crippen LogP contribution in [0.2, 0.25) is 0 Å². The summed E-state index contributed by atoms with van der Waals surface area (Å²) in [6.45, 7) is 6.97. The number of likely N-dealkylation sites (tertiary alicyclic amines) is 2. The Morgan fingerprint density at radius 2 is 1.95 bits per heavy atom. The van der Waals surface area contributed by atoms with Gasteiger partial charge in [0.15, 0.2) is 0 Å². The fourth-order valence-corrected chi connectivity index (χ4v) is 3.48. The molecule has 2 atom stereocenters. The van der Waals surface area contributed by atoms with E-state index in [0.717, 1.165) is 26.2 Å². The summed E-state index contributed by atoms with van der Waals surface area (Å²) in [5, 5.41) is 3.42. The number of piperidine rings is 2. The Hall–Kier alpha value is -0.610. The number of nitrogens with one attached hydrogen (secondary N) is 1. The summed E-state index contributed by atoms with van der Waals surface area (Å²) in [4.78, 5) is 16.7. The third kappa shape index (κ3) is 3.93. The molecule has 19 heavy (non-hydrogen) atoms. The number of hydrogen-bond donors (Lipinski definition) is 1. The van der Waals surface area contributed by atoms with Gasteiger partial charge in [0, 0.05) is 32.2 Å². The van der Waals surface area contributed by atoms with Crippen LogP contribution in [0.25, 0.3) is 0 Å². The van der Waals surface area contributed by atoms with Crippen LogP contribution in [0.3, 0.4) is 0 Å². The second-order valence-electron chi connectivity index (χ2n) is 6.03. The van der Waals surface area contributed by atoms with Crippen molar-refractivity contribution in [1.29, 1.82) is 0 Å². The van der Waals surface area contributed by atoms with E-state index in [4.69, 9.17) is 0 Å². The van der Waals surface area contributed by atoms with Crippen LogP contribution in [-0.2, 0) is 4.79 Å². The van der Waals surface area contributed by atoms with Crippen LogP contribution in [0.15, 0.2) is 0 Å². The van der Waals surface area contributed by atoms with Gasteiger partial charge in [-0.25, -0.2) is 0 Å². The maximum absolute atomic E-state index is 12.3. The Morgan fingerprint density at radius 3 is 2.58 bits per heavy atom. The van der Waals surface area contributed by atoms with E-state index in [1.54, 1.807) is 0 Å². The lowest BCUT2D eigenvalue weighted by Gasteiger charge is -2.39. The van der Waals surface area contributed by atoms with Crippen LogP contribution in [0, 0.1) is 5.92 Å². The minimum absolute atomic E-state index is 0.345. The summed E-state index contributed by atoms with van der Waals surface area (Å²) < 4.78 is 0. The molecule has 2 saturated heterocycles. The Labute approximate surface area is 117 Å². The van der Waals surface area contributed by atoms with Gasteiger partial charge in [-0.05, 0) is 38.6 Å². The molecule has 2 heterocycles. The van der Waals surface area contributed by atoms with Gasteiger partial charge in [0.2, 0.25) is 5.91 Å². The van der Waals surface area contributed by atoms with Crippen LogP contribution in [0.4, 0.5) is 0 Å². The van der Waals surface area contributed by atoms with Gasteiger partial charge in [-0.1, -0.05) is 13.3 Å². The van der Waals surface area contributed by atoms with E-state index >= 15 is 0 Å². The Bertz CT molecular complexity index is 289. The summed E-state index contributed by atoms with van der Waals surface area (Å²) >= 11 is 0. The maximum Gasteiger partial charge on any atom is 0.236 e. The largest absolute Gasteiger partial charge is 0.342 e. The molecule has 4 nitrogen and oxygen atoms in total. The summed E-state index contributed by atoms with van der Waals surface area (Å²) in [5.41, 5.74) is 0. The molecule has 0 spiro atoms. The lowest BCUT2D eigenvalue weighted by atomic mass is 9.90. The normalized spacial score (nSPS) is 29.5. The zero-order valence-corrected chi connectivity index (χ0v) is 12.5. The van der Waals surface area contributed by atoms with Crippen LogP contribution < -0.4 is 5.32 Å². The van der Waals surface area contributed by atoms with Gasteiger partial charge in [0.25, 0.3) is 0 Å². The zero-order chi connectivity index (χ0) is 13.7. The van der Waals surface area contributed by atoms with Gasteiger partial charge in [0.05, 0.1) is 6.54 Å². The quantitative estimate of drug-likeness (QED) is 0.834. The minimum Gasteiger partial charge on any atom is -0.342 e. The Kier molecular flexibility index (Phi) is 5.64. The lowest BCUT2D eigenvalue weighted by Crippen LogP contribution is -2.51. The second kappa shape index (κ2) is 7.25. The Balaban J connectivity index is 1.80. The second-order valence-corrected chi connectivity index (χ2v) is 6.03. The van der Waals surface area contributed by atoms with E-state index in [1.165, 1.54) is 32.1 Å². The summed E-state index contributed by atoms with van der Waals surface area (Å²) in [7, 11) is 2.06. The summed E-state index contributed by atoms with van der Waals surface area (Å²) in [6, 6.07) is 0.631. The molecule has 1 N–H and O–H groups in total. The molecule has 0 aromatic heterocycles. The Morgan fingerprint density at radius 1 is 1.21 bits per heavy atom. The molecule has 110 valence electrons. The molecule has 2 fully saturated rings. The van der Waals surface area contributed by atoms with E-state index in [9.17, 15) is 4.79 Å². The first-order valence-electron chi connectivity index (χ1n) is 7.92. The maximum atomic E-state index is 12.3. The highest BCUT2D eigenvalue weighted by molar-refractivity contribution is 5.78. The van der Waals surface area contributed by atoms with E-state index in [2.05, 4.69) is 29.1 Å². The molecule has 4 heteroatoms.